The summed E-state index contributed by atoms with van der Waals surface area (Å²) < 4.78 is 0. The molecule has 0 saturated heterocycles. The first-order valence-electron chi connectivity index (χ1n) is 11.4. The van der Waals surface area contributed by atoms with Crippen LogP contribution < -0.4 is 15.8 Å². The fourth-order valence-corrected chi connectivity index (χ4v) is 6.37. The third-order valence-corrected chi connectivity index (χ3v) is 8.32. The highest BCUT2D eigenvalue weighted by Gasteiger charge is 2.22. The lowest BCUT2D eigenvalue weighted by molar-refractivity contribution is -0.121. The molecule has 8 heteroatoms. The fraction of sp³-hybridized carbons (Fsp3) is 0.269. The average Bonchev–Trinajstić information content (AvgIpc) is 3.13. The van der Waals surface area contributed by atoms with E-state index in [0.717, 1.165) is 28.2 Å². The van der Waals surface area contributed by atoms with Gasteiger partial charge in [-0.3, -0.25) is 9.59 Å². The number of amides is 1. The van der Waals surface area contributed by atoms with Crippen molar-refractivity contribution in [1.82, 2.24) is 15.3 Å². The van der Waals surface area contributed by atoms with Crippen LogP contribution in [0.15, 0.2) is 63.1 Å². The summed E-state index contributed by atoms with van der Waals surface area (Å²) in [4.78, 5) is 38.9. The number of hydrogen-bond acceptors (Lipinski definition) is 6. The minimum absolute atomic E-state index is 0.0312. The minimum atomic E-state index is -0.123. The van der Waals surface area contributed by atoms with E-state index in [1.165, 1.54) is 32.5 Å². The maximum absolute atomic E-state index is 12.4. The first-order valence-corrected chi connectivity index (χ1v) is 13.0. The monoisotopic (exact) mass is 490 g/mol. The Labute approximate surface area is 206 Å². The van der Waals surface area contributed by atoms with Crippen LogP contribution in [0.4, 0.5) is 11.4 Å². The van der Waals surface area contributed by atoms with Gasteiger partial charge in [0.05, 0.1) is 16.8 Å². The highest BCUT2D eigenvalue weighted by atomic mass is 32.2. The number of fused-ring (bicyclic) bond motifs is 3. The van der Waals surface area contributed by atoms with E-state index in [1.807, 2.05) is 13.8 Å². The molecule has 3 heterocycles. The maximum Gasteiger partial charge on any atom is 0.259 e. The molecule has 1 aliphatic heterocycles. The first kappa shape index (κ1) is 22.7. The topological polar surface area (TPSA) is 78.1 Å². The van der Waals surface area contributed by atoms with Crippen molar-refractivity contribution in [2.24, 2.45) is 0 Å². The lowest BCUT2D eigenvalue weighted by atomic mass is 10.2. The van der Waals surface area contributed by atoms with E-state index in [2.05, 4.69) is 68.7 Å². The van der Waals surface area contributed by atoms with Crippen molar-refractivity contribution in [3.63, 3.8) is 0 Å². The molecule has 2 aromatic carbocycles. The number of hydrogen-bond donors (Lipinski definition) is 2. The number of anilines is 2. The summed E-state index contributed by atoms with van der Waals surface area (Å²) in [5, 5.41) is 3.68. The molecule has 0 unspecified atom stereocenters. The molecule has 5 rings (SSSR count). The molecule has 2 aromatic heterocycles. The second-order valence-corrected chi connectivity index (χ2v) is 10.7. The Kier molecular flexibility index (Phi) is 6.43. The zero-order valence-corrected chi connectivity index (χ0v) is 20.8. The van der Waals surface area contributed by atoms with E-state index in [1.54, 1.807) is 11.8 Å². The number of aryl methyl sites for hydroxylation is 3. The van der Waals surface area contributed by atoms with Gasteiger partial charge in [-0.1, -0.05) is 36.0 Å². The predicted octanol–water partition coefficient (Wildman–Crippen LogP) is 5.34. The lowest BCUT2D eigenvalue weighted by Crippen LogP contribution is -2.29. The Morgan fingerprint density at radius 2 is 1.74 bits per heavy atom. The quantitative estimate of drug-likeness (QED) is 0.342. The molecule has 0 bridgehead atoms. The van der Waals surface area contributed by atoms with E-state index in [4.69, 9.17) is 0 Å². The number of para-hydroxylation sites is 2. The first-order chi connectivity index (χ1) is 16.5. The van der Waals surface area contributed by atoms with E-state index < -0.39 is 0 Å². The molecule has 1 aliphatic rings. The zero-order chi connectivity index (χ0) is 23.7. The number of rotatable bonds is 7. The third kappa shape index (κ3) is 4.48. The molecule has 4 aromatic rings. The number of carbonyl (C=O) groups is 1. The highest BCUT2D eigenvalue weighted by Crippen LogP contribution is 2.47. The number of aromatic nitrogens is 2. The van der Waals surface area contributed by atoms with E-state index in [9.17, 15) is 9.59 Å². The van der Waals surface area contributed by atoms with Crippen molar-refractivity contribution in [2.45, 2.75) is 42.9 Å². The summed E-state index contributed by atoms with van der Waals surface area (Å²) in [6, 6.07) is 16.9. The molecule has 2 N–H and O–H groups in total. The molecule has 0 aliphatic carbocycles. The minimum Gasteiger partial charge on any atom is -0.356 e. The number of nitrogens with zero attached hydrogens (tertiary/aromatic N) is 2. The highest BCUT2D eigenvalue weighted by molar-refractivity contribution is 7.99. The van der Waals surface area contributed by atoms with Gasteiger partial charge in [0.25, 0.3) is 5.56 Å². The summed E-state index contributed by atoms with van der Waals surface area (Å²) in [5.41, 5.74) is 3.28. The molecular weight excluding hydrogens is 464 g/mol. The van der Waals surface area contributed by atoms with Gasteiger partial charge in [-0.15, -0.1) is 11.3 Å². The van der Waals surface area contributed by atoms with Gasteiger partial charge in [0.15, 0.2) is 0 Å². The molecule has 0 saturated carbocycles. The number of H-pyrrole nitrogens is 1. The molecule has 0 spiro atoms. The molecule has 0 fully saturated rings. The van der Waals surface area contributed by atoms with E-state index in [0.29, 0.717) is 30.6 Å². The van der Waals surface area contributed by atoms with Crippen LogP contribution in [0.25, 0.3) is 10.2 Å². The van der Waals surface area contributed by atoms with Crippen LogP contribution in [0.2, 0.25) is 0 Å². The summed E-state index contributed by atoms with van der Waals surface area (Å²) >= 11 is 3.32. The van der Waals surface area contributed by atoms with Crippen molar-refractivity contribution in [3.05, 3.63) is 75.1 Å². The van der Waals surface area contributed by atoms with Crippen LogP contribution in [0.3, 0.4) is 0 Å². The lowest BCUT2D eigenvalue weighted by Gasteiger charge is -2.32. The van der Waals surface area contributed by atoms with Crippen molar-refractivity contribution in [1.29, 1.82) is 0 Å². The maximum atomic E-state index is 12.4. The van der Waals surface area contributed by atoms with Gasteiger partial charge in [0.2, 0.25) is 5.91 Å². The van der Waals surface area contributed by atoms with E-state index >= 15 is 0 Å². The van der Waals surface area contributed by atoms with Gasteiger partial charge in [0.1, 0.15) is 10.7 Å². The van der Waals surface area contributed by atoms with Gasteiger partial charge < -0.3 is 15.2 Å². The Morgan fingerprint density at radius 1 is 1.06 bits per heavy atom. The molecule has 34 heavy (non-hydrogen) atoms. The van der Waals surface area contributed by atoms with Crippen molar-refractivity contribution >= 4 is 50.6 Å². The molecule has 6 nitrogen and oxygen atoms in total. The summed E-state index contributed by atoms with van der Waals surface area (Å²) in [5.74, 6) is 0.532. The van der Waals surface area contributed by atoms with E-state index in [-0.39, 0.29) is 11.5 Å². The average molecular weight is 491 g/mol. The Morgan fingerprint density at radius 3 is 2.44 bits per heavy atom. The van der Waals surface area contributed by atoms with Crippen LogP contribution in [0, 0.1) is 13.8 Å². The Balaban J connectivity index is 1.16. The number of aromatic amines is 1. The summed E-state index contributed by atoms with van der Waals surface area (Å²) in [6.45, 7) is 5.35. The van der Waals surface area contributed by atoms with Gasteiger partial charge in [-0.05, 0) is 50.1 Å². The van der Waals surface area contributed by atoms with Crippen molar-refractivity contribution in [2.75, 3.05) is 18.0 Å². The summed E-state index contributed by atoms with van der Waals surface area (Å²) in [7, 11) is 0. The number of nitrogens with one attached hydrogen (secondary N) is 2. The second kappa shape index (κ2) is 9.64. The normalized spacial score (nSPS) is 12.5. The van der Waals surface area contributed by atoms with Crippen molar-refractivity contribution < 1.29 is 4.79 Å². The molecule has 1 amide bonds. The van der Waals surface area contributed by atoms with Crippen LogP contribution in [0.5, 0.6) is 0 Å². The number of benzene rings is 2. The molecule has 174 valence electrons. The number of thiophene rings is 1. The number of carbonyl (C=O) groups excluding carboxylic acids is 1. The van der Waals surface area contributed by atoms with Crippen LogP contribution in [0.1, 0.15) is 29.1 Å². The SMILES string of the molecule is Cc1sc2nc(CCC(=O)NCCCN3c4ccccc4Sc4ccccc43)[nH]c(=O)c2c1C. The summed E-state index contributed by atoms with van der Waals surface area (Å²) in [6.07, 6.45) is 1.54. The smallest absolute Gasteiger partial charge is 0.259 e. The Bertz CT molecular complexity index is 1380. The zero-order valence-electron chi connectivity index (χ0n) is 19.2. The second-order valence-electron chi connectivity index (χ2n) is 8.37. The van der Waals surface area contributed by atoms with Gasteiger partial charge in [0, 0.05) is 40.6 Å². The van der Waals surface area contributed by atoms with Gasteiger partial charge in [-0.25, -0.2) is 4.98 Å². The largest absolute Gasteiger partial charge is 0.356 e. The Hall–Kier alpha value is -3.10. The predicted molar refractivity (Wildman–Crippen MR) is 140 cm³/mol. The van der Waals surface area contributed by atoms with Crippen LogP contribution >= 0.6 is 23.1 Å². The van der Waals surface area contributed by atoms with Gasteiger partial charge in [-0.2, -0.15) is 0 Å². The molecule has 0 radical (unpaired) electrons. The van der Waals surface area contributed by atoms with Gasteiger partial charge >= 0.3 is 0 Å². The van der Waals surface area contributed by atoms with Crippen LogP contribution in [-0.2, 0) is 11.2 Å². The standard InChI is InChI=1S/C26H26N4O2S2/c1-16-17(2)33-26-24(16)25(32)28-22(29-26)12-13-23(31)27-14-7-15-30-18-8-3-5-10-20(18)34-21-11-6-4-9-19(21)30/h3-6,8-11H,7,12-15H2,1-2H3,(H,27,31)(H,28,29,32). The van der Waals surface area contributed by atoms with Crippen molar-refractivity contribution in [3.8, 4) is 0 Å². The third-order valence-electron chi connectivity index (χ3n) is 6.09. The molecule has 0 atom stereocenters. The molecular formula is C26H26N4O2S2. The van der Waals surface area contributed by atoms with Crippen LogP contribution in [-0.4, -0.2) is 29.0 Å². The fourth-order valence-electron chi connectivity index (χ4n) is 4.22.